The molecule has 0 aromatic heterocycles. The van der Waals surface area contributed by atoms with Crippen molar-refractivity contribution < 1.29 is 31.6 Å². The van der Waals surface area contributed by atoms with E-state index in [-0.39, 0.29) is 18.8 Å². The van der Waals surface area contributed by atoms with Gasteiger partial charge in [0.25, 0.3) is 0 Å². The Morgan fingerprint density at radius 2 is 1.57 bits per heavy atom. The van der Waals surface area contributed by atoms with Gasteiger partial charge >= 0.3 is 13.8 Å². The van der Waals surface area contributed by atoms with Crippen LogP contribution in [0, 0.1) is 0 Å². The van der Waals surface area contributed by atoms with Gasteiger partial charge < -0.3 is 9.05 Å². The summed E-state index contributed by atoms with van der Waals surface area (Å²) in [5.41, 5.74) is -0.820. The first kappa shape index (κ1) is 17.9. The molecular formula is C13H16F3O4P. The van der Waals surface area contributed by atoms with Crippen molar-refractivity contribution in [1.82, 2.24) is 0 Å². The minimum atomic E-state index is -4.46. The first-order chi connectivity index (χ1) is 9.72. The number of alkyl halides is 3. The first-order valence-electron chi connectivity index (χ1n) is 6.30. The van der Waals surface area contributed by atoms with Gasteiger partial charge in [0.1, 0.15) is 6.16 Å². The minimum absolute atomic E-state index is 0.0302. The summed E-state index contributed by atoms with van der Waals surface area (Å²) in [6, 6.07) is 3.71. The van der Waals surface area contributed by atoms with Crippen molar-refractivity contribution in [3.05, 3.63) is 35.4 Å². The molecule has 4 nitrogen and oxygen atoms in total. The summed E-state index contributed by atoms with van der Waals surface area (Å²) in [6.45, 7) is 3.43. The van der Waals surface area contributed by atoms with Gasteiger partial charge in [-0.05, 0) is 26.0 Å². The molecule has 0 aliphatic rings. The second kappa shape index (κ2) is 7.20. The van der Waals surface area contributed by atoms with Gasteiger partial charge in [0.05, 0.1) is 18.8 Å². The Morgan fingerprint density at radius 3 is 1.95 bits per heavy atom. The van der Waals surface area contributed by atoms with Gasteiger partial charge in [0.15, 0.2) is 5.78 Å². The molecule has 0 N–H and O–H groups in total. The number of ketones is 1. The molecule has 0 radical (unpaired) electrons. The highest BCUT2D eigenvalue weighted by molar-refractivity contribution is 7.54. The standard InChI is InChI=1S/C13H16F3O4P/c1-3-19-21(18,20-4-2)9-12(17)10-5-7-11(8-6-10)13(14,15)16/h5-8H,3-4,9H2,1-2H3. The van der Waals surface area contributed by atoms with Gasteiger partial charge in [0.2, 0.25) is 0 Å². The summed E-state index contributed by atoms with van der Waals surface area (Å²) >= 11 is 0. The molecule has 0 atom stereocenters. The highest BCUT2D eigenvalue weighted by Crippen LogP contribution is 2.48. The lowest BCUT2D eigenvalue weighted by atomic mass is 10.1. The average Bonchev–Trinajstić information content (AvgIpc) is 2.38. The van der Waals surface area contributed by atoms with Crippen LogP contribution in [0.4, 0.5) is 13.2 Å². The van der Waals surface area contributed by atoms with Crippen LogP contribution in [0.25, 0.3) is 0 Å². The zero-order valence-corrected chi connectivity index (χ0v) is 12.5. The lowest BCUT2D eigenvalue weighted by Crippen LogP contribution is -2.11. The third-order valence-electron chi connectivity index (χ3n) is 2.52. The molecule has 0 aliphatic heterocycles. The number of halogens is 3. The molecule has 0 amide bonds. The van der Waals surface area contributed by atoms with Gasteiger partial charge in [0, 0.05) is 5.56 Å². The SMILES string of the molecule is CCOP(=O)(CC(=O)c1ccc(C(F)(F)F)cc1)OCC. The quantitative estimate of drug-likeness (QED) is 0.558. The molecule has 1 aromatic rings. The normalized spacial score (nSPS) is 12.4. The zero-order chi connectivity index (χ0) is 16.1. The number of benzene rings is 1. The lowest BCUT2D eigenvalue weighted by molar-refractivity contribution is -0.137. The molecule has 0 heterocycles. The van der Waals surface area contributed by atoms with Crippen molar-refractivity contribution in [3.8, 4) is 0 Å². The van der Waals surface area contributed by atoms with Crippen molar-refractivity contribution in [2.24, 2.45) is 0 Å². The monoisotopic (exact) mass is 324 g/mol. The highest BCUT2D eigenvalue weighted by atomic mass is 31.2. The fourth-order valence-corrected chi connectivity index (χ4v) is 3.21. The molecule has 0 aliphatic carbocycles. The first-order valence-corrected chi connectivity index (χ1v) is 8.03. The van der Waals surface area contributed by atoms with E-state index in [0.717, 1.165) is 24.3 Å². The van der Waals surface area contributed by atoms with E-state index in [1.54, 1.807) is 13.8 Å². The van der Waals surface area contributed by atoms with Crippen LogP contribution in [0.3, 0.4) is 0 Å². The van der Waals surface area contributed by atoms with Gasteiger partial charge in [-0.1, -0.05) is 12.1 Å². The molecule has 0 saturated carbocycles. The second-order valence-electron chi connectivity index (χ2n) is 4.10. The number of Topliss-reactive ketones (excluding diaryl/α,β-unsaturated/α-hetero) is 1. The molecule has 8 heteroatoms. The second-order valence-corrected chi connectivity index (χ2v) is 6.16. The Balaban J connectivity index is 2.86. The summed E-state index contributed by atoms with van der Waals surface area (Å²) in [5, 5.41) is 0. The molecular weight excluding hydrogens is 308 g/mol. The summed E-state index contributed by atoms with van der Waals surface area (Å²) in [7, 11) is -3.56. The average molecular weight is 324 g/mol. The van der Waals surface area contributed by atoms with E-state index in [2.05, 4.69) is 0 Å². The molecule has 1 rings (SSSR count). The number of carbonyl (C=O) groups is 1. The van der Waals surface area contributed by atoms with Crippen molar-refractivity contribution in [2.75, 3.05) is 19.4 Å². The van der Waals surface area contributed by atoms with E-state index in [4.69, 9.17) is 9.05 Å². The maximum Gasteiger partial charge on any atom is 0.416 e. The van der Waals surface area contributed by atoms with E-state index in [1.807, 2.05) is 0 Å². The summed E-state index contributed by atoms with van der Waals surface area (Å²) in [5.74, 6) is -0.589. The van der Waals surface area contributed by atoms with Gasteiger partial charge in [-0.2, -0.15) is 13.2 Å². The predicted molar refractivity (Wildman–Crippen MR) is 71.5 cm³/mol. The van der Waals surface area contributed by atoms with E-state index < -0.39 is 31.3 Å². The van der Waals surface area contributed by atoms with Crippen molar-refractivity contribution in [2.45, 2.75) is 20.0 Å². The third kappa shape index (κ3) is 5.26. The van der Waals surface area contributed by atoms with Crippen LogP contribution in [0.15, 0.2) is 24.3 Å². The van der Waals surface area contributed by atoms with Crippen LogP contribution in [0.5, 0.6) is 0 Å². The van der Waals surface area contributed by atoms with Crippen LogP contribution >= 0.6 is 7.60 Å². The largest absolute Gasteiger partial charge is 0.416 e. The van der Waals surface area contributed by atoms with E-state index in [1.165, 1.54) is 0 Å². The predicted octanol–water partition coefficient (Wildman–Crippen LogP) is 4.15. The van der Waals surface area contributed by atoms with Crippen molar-refractivity contribution in [3.63, 3.8) is 0 Å². The van der Waals surface area contributed by atoms with Crippen LogP contribution < -0.4 is 0 Å². The molecule has 0 bridgehead atoms. The van der Waals surface area contributed by atoms with E-state index in [9.17, 15) is 22.5 Å². The van der Waals surface area contributed by atoms with Gasteiger partial charge in [-0.15, -0.1) is 0 Å². The Bertz CT molecular complexity index is 515. The van der Waals surface area contributed by atoms with Gasteiger partial charge in [-0.3, -0.25) is 9.36 Å². The van der Waals surface area contributed by atoms with Crippen LogP contribution in [-0.4, -0.2) is 25.2 Å². The topological polar surface area (TPSA) is 52.6 Å². The summed E-state index contributed by atoms with van der Waals surface area (Å²) in [4.78, 5) is 12.0. The number of carbonyl (C=O) groups excluding carboxylic acids is 1. The highest BCUT2D eigenvalue weighted by Gasteiger charge is 2.31. The maximum atomic E-state index is 12.4. The molecule has 21 heavy (non-hydrogen) atoms. The van der Waals surface area contributed by atoms with Crippen LogP contribution in [0.2, 0.25) is 0 Å². The van der Waals surface area contributed by atoms with Crippen LogP contribution in [0.1, 0.15) is 29.8 Å². The number of hydrogen-bond donors (Lipinski definition) is 0. The van der Waals surface area contributed by atoms with E-state index in [0.29, 0.717) is 0 Å². The van der Waals surface area contributed by atoms with Crippen molar-refractivity contribution in [1.29, 1.82) is 0 Å². The number of rotatable bonds is 7. The molecule has 118 valence electrons. The Morgan fingerprint density at radius 1 is 1.10 bits per heavy atom. The summed E-state index contributed by atoms with van der Waals surface area (Å²) in [6.07, 6.45) is -4.96. The molecule has 0 saturated heterocycles. The lowest BCUT2D eigenvalue weighted by Gasteiger charge is -2.16. The number of hydrogen-bond acceptors (Lipinski definition) is 4. The molecule has 0 unspecified atom stereocenters. The maximum absolute atomic E-state index is 12.4. The fourth-order valence-electron chi connectivity index (χ4n) is 1.63. The molecule has 0 fully saturated rings. The van der Waals surface area contributed by atoms with Crippen molar-refractivity contribution >= 4 is 13.4 Å². The van der Waals surface area contributed by atoms with Crippen LogP contribution in [-0.2, 0) is 19.8 Å². The fraction of sp³-hybridized carbons (Fsp3) is 0.462. The molecule has 0 spiro atoms. The minimum Gasteiger partial charge on any atom is -0.309 e. The Kier molecular flexibility index (Phi) is 6.13. The van der Waals surface area contributed by atoms with E-state index >= 15 is 0 Å². The third-order valence-corrected chi connectivity index (χ3v) is 4.50. The molecule has 1 aromatic carbocycles. The zero-order valence-electron chi connectivity index (χ0n) is 11.6. The Labute approximate surface area is 120 Å². The smallest absolute Gasteiger partial charge is 0.309 e. The Hall–Kier alpha value is -1.17. The van der Waals surface area contributed by atoms with Gasteiger partial charge in [-0.25, -0.2) is 0 Å². The summed E-state index contributed by atoms with van der Waals surface area (Å²) < 4.78 is 59.4.